The average Bonchev–Trinajstić information content (AvgIpc) is 3.32. The van der Waals surface area contributed by atoms with Crippen molar-refractivity contribution in [3.05, 3.63) is 57.9 Å². The van der Waals surface area contributed by atoms with Gasteiger partial charge in [-0.1, -0.05) is 0 Å². The zero-order chi connectivity index (χ0) is 21.4. The van der Waals surface area contributed by atoms with Crippen molar-refractivity contribution in [3.8, 4) is 16.6 Å². The summed E-state index contributed by atoms with van der Waals surface area (Å²) in [6.07, 6.45) is -0.650. The van der Waals surface area contributed by atoms with Gasteiger partial charge < -0.3 is 19.5 Å². The number of ether oxygens (including phenoxy) is 2. The fraction of sp³-hybridized carbons (Fsp3) is 0.364. The summed E-state index contributed by atoms with van der Waals surface area (Å²) in [6, 6.07) is 7.68. The van der Waals surface area contributed by atoms with Gasteiger partial charge in [-0.05, 0) is 38.1 Å². The van der Waals surface area contributed by atoms with Crippen molar-refractivity contribution >= 4 is 17.2 Å². The number of β-amino-alcohol motifs (C(OH)–C–C–N with tert-alkyl or cyclic N) is 1. The third-order valence-corrected chi connectivity index (χ3v) is 6.35. The minimum absolute atomic E-state index is 0.0811. The smallest absolute Gasteiger partial charge is 0.229 e. The zero-order valence-corrected chi connectivity index (χ0v) is 18.3. The minimum Gasteiger partial charge on any atom is -0.496 e. The van der Waals surface area contributed by atoms with Crippen molar-refractivity contribution in [3.63, 3.8) is 0 Å². The molecule has 1 atom stereocenters. The van der Waals surface area contributed by atoms with E-state index in [2.05, 4.69) is 21.7 Å². The van der Waals surface area contributed by atoms with Gasteiger partial charge in [-0.3, -0.25) is 9.36 Å². The molecule has 0 saturated carbocycles. The molecule has 8 heteroatoms. The molecule has 4 rings (SSSR count). The fourth-order valence-corrected chi connectivity index (χ4v) is 4.92. The van der Waals surface area contributed by atoms with E-state index in [1.165, 1.54) is 11.3 Å². The molecule has 1 aliphatic heterocycles. The lowest BCUT2D eigenvalue weighted by atomic mass is 9.95. The molecule has 0 saturated heterocycles. The van der Waals surface area contributed by atoms with E-state index < -0.39 is 6.10 Å². The number of aliphatic hydroxyl groups is 1. The number of benzene rings is 1. The van der Waals surface area contributed by atoms with Crippen molar-refractivity contribution in [2.24, 2.45) is 0 Å². The normalized spacial score (nSPS) is 15.8. The standard InChI is InChI=1S/C22H25N3O4S/c1-13-5-6-14(2)25(13)22-23-15(12-30-22)9-20(27)24-10-16-18(28-3)7-8-19(29-4)21(16)17(26)11-24/h5-8,12,17,26H,9-11H2,1-4H3. The molecule has 2 aromatic heterocycles. The van der Waals surface area contributed by atoms with E-state index in [-0.39, 0.29) is 18.9 Å². The van der Waals surface area contributed by atoms with Crippen LogP contribution in [0.4, 0.5) is 0 Å². The molecule has 0 bridgehead atoms. The minimum atomic E-state index is -0.834. The first-order valence-electron chi connectivity index (χ1n) is 9.72. The quantitative estimate of drug-likeness (QED) is 0.677. The monoisotopic (exact) mass is 427 g/mol. The maximum atomic E-state index is 13.0. The number of hydrogen-bond donors (Lipinski definition) is 1. The molecule has 1 aliphatic rings. The number of methoxy groups -OCH3 is 2. The number of hydrogen-bond acceptors (Lipinski definition) is 6. The molecule has 1 unspecified atom stereocenters. The number of aryl methyl sites for hydroxylation is 2. The van der Waals surface area contributed by atoms with Crippen LogP contribution in [-0.4, -0.2) is 46.2 Å². The predicted octanol–water partition coefficient (Wildman–Crippen LogP) is 3.19. The topological polar surface area (TPSA) is 76.8 Å². The molecule has 3 heterocycles. The third kappa shape index (κ3) is 3.57. The molecule has 1 amide bonds. The Labute approximate surface area is 179 Å². The average molecular weight is 428 g/mol. The molecule has 0 aliphatic carbocycles. The predicted molar refractivity (Wildman–Crippen MR) is 115 cm³/mol. The third-order valence-electron chi connectivity index (χ3n) is 5.48. The van der Waals surface area contributed by atoms with Gasteiger partial charge in [0.2, 0.25) is 5.91 Å². The van der Waals surface area contributed by atoms with Crippen LogP contribution in [0.1, 0.15) is 34.3 Å². The van der Waals surface area contributed by atoms with Crippen molar-refractivity contribution in [1.29, 1.82) is 0 Å². The Morgan fingerprint density at radius 3 is 2.50 bits per heavy atom. The molecule has 0 spiro atoms. The van der Waals surface area contributed by atoms with Crippen molar-refractivity contribution in [1.82, 2.24) is 14.5 Å². The van der Waals surface area contributed by atoms with E-state index in [1.807, 2.05) is 19.2 Å². The second-order valence-corrected chi connectivity index (χ2v) is 8.24. The van der Waals surface area contributed by atoms with Crippen molar-refractivity contribution in [2.45, 2.75) is 32.9 Å². The molecular formula is C22H25N3O4S. The van der Waals surface area contributed by atoms with E-state index in [0.29, 0.717) is 23.6 Å². The highest BCUT2D eigenvalue weighted by atomic mass is 32.1. The van der Waals surface area contributed by atoms with Gasteiger partial charge in [-0.15, -0.1) is 11.3 Å². The molecule has 30 heavy (non-hydrogen) atoms. The Morgan fingerprint density at radius 1 is 1.17 bits per heavy atom. The summed E-state index contributed by atoms with van der Waals surface area (Å²) in [5, 5.41) is 13.5. The first-order chi connectivity index (χ1) is 14.4. The molecule has 1 N–H and O–H groups in total. The van der Waals surface area contributed by atoms with Crippen LogP contribution in [0.2, 0.25) is 0 Å². The maximum absolute atomic E-state index is 13.0. The van der Waals surface area contributed by atoms with Crippen LogP contribution < -0.4 is 9.47 Å². The molecule has 7 nitrogen and oxygen atoms in total. The van der Waals surface area contributed by atoms with Gasteiger partial charge in [0.1, 0.15) is 17.6 Å². The van der Waals surface area contributed by atoms with E-state index in [4.69, 9.17) is 9.47 Å². The highest BCUT2D eigenvalue weighted by Gasteiger charge is 2.32. The SMILES string of the molecule is COc1ccc(OC)c2c1CN(C(=O)Cc1csc(-n3c(C)ccc3C)n1)CC2O. The largest absolute Gasteiger partial charge is 0.496 e. The summed E-state index contributed by atoms with van der Waals surface area (Å²) in [5.74, 6) is 1.16. The highest BCUT2D eigenvalue weighted by molar-refractivity contribution is 7.12. The van der Waals surface area contributed by atoms with Gasteiger partial charge >= 0.3 is 0 Å². The van der Waals surface area contributed by atoms with Gasteiger partial charge in [0.05, 0.1) is 32.9 Å². The summed E-state index contributed by atoms with van der Waals surface area (Å²) < 4.78 is 12.9. The van der Waals surface area contributed by atoms with Gasteiger partial charge in [0, 0.05) is 34.4 Å². The first kappa shape index (κ1) is 20.4. The van der Waals surface area contributed by atoms with Gasteiger partial charge in [-0.2, -0.15) is 0 Å². The number of carbonyl (C=O) groups excluding carboxylic acids is 1. The van der Waals surface area contributed by atoms with Crippen LogP contribution in [0.5, 0.6) is 11.5 Å². The number of rotatable bonds is 5. The maximum Gasteiger partial charge on any atom is 0.229 e. The summed E-state index contributed by atoms with van der Waals surface area (Å²) >= 11 is 1.52. The summed E-state index contributed by atoms with van der Waals surface area (Å²) in [6.45, 7) is 4.64. The Hall–Kier alpha value is -2.84. The van der Waals surface area contributed by atoms with Crippen LogP contribution in [0.15, 0.2) is 29.6 Å². The lowest BCUT2D eigenvalue weighted by Gasteiger charge is -2.34. The number of thiazole rings is 1. The van der Waals surface area contributed by atoms with E-state index >= 15 is 0 Å². The van der Waals surface area contributed by atoms with Crippen LogP contribution in [0.25, 0.3) is 5.13 Å². The zero-order valence-electron chi connectivity index (χ0n) is 17.5. The second-order valence-electron chi connectivity index (χ2n) is 7.40. The number of fused-ring (bicyclic) bond motifs is 1. The fourth-order valence-electron chi connectivity index (χ4n) is 3.98. The van der Waals surface area contributed by atoms with Crippen LogP contribution in [-0.2, 0) is 17.8 Å². The Balaban J connectivity index is 1.55. The van der Waals surface area contributed by atoms with Crippen LogP contribution >= 0.6 is 11.3 Å². The molecule has 0 radical (unpaired) electrons. The molecule has 0 fully saturated rings. The van der Waals surface area contributed by atoms with Crippen molar-refractivity contribution in [2.75, 3.05) is 20.8 Å². The lowest BCUT2D eigenvalue weighted by molar-refractivity contribution is -0.133. The Morgan fingerprint density at radius 2 is 1.83 bits per heavy atom. The molecule has 3 aromatic rings. The van der Waals surface area contributed by atoms with E-state index in [1.54, 1.807) is 31.3 Å². The number of aliphatic hydroxyl groups excluding tert-OH is 1. The second kappa shape index (κ2) is 8.12. The molecule has 158 valence electrons. The molecular weight excluding hydrogens is 402 g/mol. The number of nitrogens with zero attached hydrogens (tertiary/aromatic N) is 3. The lowest BCUT2D eigenvalue weighted by Crippen LogP contribution is -2.39. The highest BCUT2D eigenvalue weighted by Crippen LogP contribution is 2.39. The number of amides is 1. The van der Waals surface area contributed by atoms with E-state index in [9.17, 15) is 9.90 Å². The van der Waals surface area contributed by atoms with Crippen LogP contribution in [0, 0.1) is 13.8 Å². The van der Waals surface area contributed by atoms with Crippen molar-refractivity contribution < 1.29 is 19.4 Å². The Kier molecular flexibility index (Phi) is 5.53. The van der Waals surface area contributed by atoms with Gasteiger partial charge in [-0.25, -0.2) is 4.98 Å². The Bertz CT molecular complexity index is 1070. The van der Waals surface area contributed by atoms with E-state index in [0.717, 1.165) is 27.8 Å². The first-order valence-corrected chi connectivity index (χ1v) is 10.6. The van der Waals surface area contributed by atoms with Crippen LogP contribution in [0.3, 0.4) is 0 Å². The number of aromatic nitrogens is 2. The number of carbonyl (C=O) groups is 1. The molecule has 1 aromatic carbocycles. The summed E-state index contributed by atoms with van der Waals surface area (Å²) in [7, 11) is 3.15. The summed E-state index contributed by atoms with van der Waals surface area (Å²) in [4.78, 5) is 19.3. The van der Waals surface area contributed by atoms with Gasteiger partial charge in [0.15, 0.2) is 5.13 Å². The summed E-state index contributed by atoms with van der Waals surface area (Å²) in [5.41, 5.74) is 4.41. The van der Waals surface area contributed by atoms with Gasteiger partial charge in [0.25, 0.3) is 0 Å².